The summed E-state index contributed by atoms with van der Waals surface area (Å²) in [6, 6.07) is 16.3. The molecular formula is C24H20ClF3N2O2. The second-order valence-electron chi connectivity index (χ2n) is 7.78. The highest BCUT2D eigenvalue weighted by Crippen LogP contribution is 2.45. The first-order valence-electron chi connectivity index (χ1n) is 9.89. The summed E-state index contributed by atoms with van der Waals surface area (Å²) in [4.78, 5) is 16.1. The second kappa shape index (κ2) is 7.83. The van der Waals surface area contributed by atoms with Crippen molar-refractivity contribution < 1.29 is 23.1 Å². The Morgan fingerprint density at radius 1 is 0.969 bits per heavy atom. The molecule has 0 bridgehead atoms. The maximum atomic E-state index is 13.6. The quantitative estimate of drug-likeness (QED) is 0.495. The highest BCUT2D eigenvalue weighted by atomic mass is 35.5. The molecule has 1 saturated heterocycles. The molecule has 0 aromatic heterocycles. The van der Waals surface area contributed by atoms with E-state index in [1.165, 1.54) is 17.0 Å². The lowest BCUT2D eigenvalue weighted by molar-refractivity contribution is -0.137. The number of rotatable bonds is 3. The number of carbonyl (C=O) groups excluding carboxylic acids is 1. The third-order valence-corrected chi connectivity index (χ3v) is 5.97. The molecule has 1 aliphatic rings. The summed E-state index contributed by atoms with van der Waals surface area (Å²) in [6.45, 7) is 3.51. The number of urea groups is 1. The lowest BCUT2D eigenvalue weighted by atomic mass is 9.93. The van der Waals surface area contributed by atoms with E-state index in [4.69, 9.17) is 11.6 Å². The van der Waals surface area contributed by atoms with Crippen molar-refractivity contribution in [2.75, 3.05) is 9.80 Å². The summed E-state index contributed by atoms with van der Waals surface area (Å²) in [5.74, 6) is 0. The van der Waals surface area contributed by atoms with Crippen LogP contribution in [-0.4, -0.2) is 17.2 Å². The molecule has 0 aliphatic carbocycles. The lowest BCUT2D eigenvalue weighted by Crippen LogP contribution is -2.48. The molecule has 3 aromatic rings. The monoisotopic (exact) mass is 460 g/mol. The van der Waals surface area contributed by atoms with Crippen LogP contribution in [-0.2, 0) is 11.9 Å². The molecule has 3 aromatic carbocycles. The average Bonchev–Trinajstić information content (AvgIpc) is 2.95. The Morgan fingerprint density at radius 2 is 1.56 bits per heavy atom. The fourth-order valence-corrected chi connectivity index (χ4v) is 4.14. The molecule has 1 heterocycles. The number of hydrogen-bond donors (Lipinski definition) is 1. The van der Waals surface area contributed by atoms with E-state index in [-0.39, 0.29) is 5.56 Å². The first-order chi connectivity index (χ1) is 15.0. The van der Waals surface area contributed by atoms with Crippen molar-refractivity contribution in [1.82, 2.24) is 0 Å². The van der Waals surface area contributed by atoms with Gasteiger partial charge in [-0.25, -0.2) is 4.79 Å². The Labute approximate surface area is 188 Å². The zero-order chi connectivity index (χ0) is 23.3. The standard InChI is InChI=1S/C24H20ClF3N2O2/c1-15-6-10-20(11-7-15)29-16(2)23(32,17-4-3-5-18(14-17)24(26,27)28)30(22(29)31)21-12-8-19(25)9-13-21/h3-14,16,32H,1-2H3. The molecule has 32 heavy (non-hydrogen) atoms. The summed E-state index contributed by atoms with van der Waals surface area (Å²) in [5.41, 5.74) is -1.21. The van der Waals surface area contributed by atoms with Crippen molar-refractivity contribution in [2.45, 2.75) is 31.8 Å². The van der Waals surface area contributed by atoms with Gasteiger partial charge in [0.2, 0.25) is 0 Å². The number of hydrogen-bond acceptors (Lipinski definition) is 2. The van der Waals surface area contributed by atoms with Crippen LogP contribution in [0, 0.1) is 6.92 Å². The van der Waals surface area contributed by atoms with E-state index in [1.54, 1.807) is 43.3 Å². The van der Waals surface area contributed by atoms with Crippen LogP contribution in [0.2, 0.25) is 5.02 Å². The van der Waals surface area contributed by atoms with Crippen molar-refractivity contribution >= 4 is 29.0 Å². The molecule has 1 fully saturated rings. The smallest absolute Gasteiger partial charge is 0.365 e. The Balaban J connectivity index is 1.91. The molecular weight excluding hydrogens is 441 g/mol. The molecule has 2 amide bonds. The van der Waals surface area contributed by atoms with Crippen LogP contribution >= 0.6 is 11.6 Å². The molecule has 0 saturated carbocycles. The maximum absolute atomic E-state index is 13.6. The number of aryl methyl sites for hydroxylation is 1. The number of amides is 2. The first kappa shape index (κ1) is 22.2. The van der Waals surface area contributed by atoms with Gasteiger partial charge in [0.05, 0.1) is 11.6 Å². The van der Waals surface area contributed by atoms with Gasteiger partial charge in [0.25, 0.3) is 0 Å². The Kier molecular flexibility index (Phi) is 5.43. The van der Waals surface area contributed by atoms with E-state index in [0.717, 1.165) is 22.6 Å². The summed E-state index contributed by atoms with van der Waals surface area (Å²) >= 11 is 5.98. The molecule has 0 radical (unpaired) electrons. The van der Waals surface area contributed by atoms with Crippen LogP contribution in [0.3, 0.4) is 0 Å². The van der Waals surface area contributed by atoms with Gasteiger partial charge in [0.15, 0.2) is 5.72 Å². The fraction of sp³-hybridized carbons (Fsp3) is 0.208. The van der Waals surface area contributed by atoms with Crippen LogP contribution in [0.5, 0.6) is 0 Å². The molecule has 2 unspecified atom stereocenters. The molecule has 0 spiro atoms. The van der Waals surface area contributed by atoms with E-state index in [9.17, 15) is 23.1 Å². The molecule has 4 nitrogen and oxygen atoms in total. The van der Waals surface area contributed by atoms with Crippen LogP contribution < -0.4 is 9.80 Å². The van der Waals surface area contributed by atoms with Gasteiger partial charge >= 0.3 is 12.2 Å². The van der Waals surface area contributed by atoms with E-state index in [1.807, 2.05) is 19.1 Å². The number of carbonyl (C=O) groups is 1. The van der Waals surface area contributed by atoms with Gasteiger partial charge in [0, 0.05) is 22.0 Å². The van der Waals surface area contributed by atoms with Gasteiger partial charge in [-0.1, -0.05) is 41.4 Å². The highest BCUT2D eigenvalue weighted by molar-refractivity contribution is 6.30. The van der Waals surface area contributed by atoms with Gasteiger partial charge in [-0.3, -0.25) is 9.80 Å². The zero-order valence-electron chi connectivity index (χ0n) is 17.3. The first-order valence-corrected chi connectivity index (χ1v) is 10.3. The number of alkyl halides is 3. The van der Waals surface area contributed by atoms with Gasteiger partial charge in [0.1, 0.15) is 0 Å². The minimum atomic E-state index is -4.60. The number of benzene rings is 3. The molecule has 4 rings (SSSR count). The molecule has 8 heteroatoms. The summed E-state index contributed by atoms with van der Waals surface area (Å²) < 4.78 is 40.2. The minimum absolute atomic E-state index is 0.0438. The predicted octanol–water partition coefficient (Wildman–Crippen LogP) is 6.35. The number of nitrogens with zero attached hydrogens (tertiary/aromatic N) is 2. The fourth-order valence-electron chi connectivity index (χ4n) is 4.02. The molecule has 166 valence electrons. The Hall–Kier alpha value is -3.03. The summed E-state index contributed by atoms with van der Waals surface area (Å²) in [7, 11) is 0. The van der Waals surface area contributed by atoms with Crippen molar-refractivity contribution in [1.29, 1.82) is 0 Å². The largest absolute Gasteiger partial charge is 0.416 e. The van der Waals surface area contributed by atoms with Crippen LogP contribution in [0.1, 0.15) is 23.6 Å². The van der Waals surface area contributed by atoms with Crippen LogP contribution in [0.4, 0.5) is 29.3 Å². The van der Waals surface area contributed by atoms with Crippen molar-refractivity contribution in [2.24, 2.45) is 0 Å². The van der Waals surface area contributed by atoms with E-state index < -0.39 is 29.5 Å². The topological polar surface area (TPSA) is 43.8 Å². The van der Waals surface area contributed by atoms with Crippen molar-refractivity contribution in [3.8, 4) is 0 Å². The Morgan fingerprint density at radius 3 is 2.16 bits per heavy atom. The summed E-state index contributed by atoms with van der Waals surface area (Å²) in [5, 5.41) is 12.3. The maximum Gasteiger partial charge on any atom is 0.416 e. The van der Waals surface area contributed by atoms with E-state index in [2.05, 4.69) is 0 Å². The van der Waals surface area contributed by atoms with Crippen LogP contribution in [0.15, 0.2) is 72.8 Å². The number of aliphatic hydroxyl groups is 1. The normalized spacial score (nSPS) is 21.3. The highest BCUT2D eigenvalue weighted by Gasteiger charge is 2.57. The zero-order valence-corrected chi connectivity index (χ0v) is 18.0. The predicted molar refractivity (Wildman–Crippen MR) is 118 cm³/mol. The van der Waals surface area contributed by atoms with E-state index in [0.29, 0.717) is 16.4 Å². The SMILES string of the molecule is Cc1ccc(N2C(=O)N(c3ccc(Cl)cc3)C(O)(c3cccc(C(F)(F)F)c3)C2C)cc1. The third-order valence-electron chi connectivity index (χ3n) is 5.72. The Bertz CT molecular complexity index is 1150. The molecule has 2 atom stereocenters. The van der Waals surface area contributed by atoms with Crippen molar-refractivity contribution in [3.63, 3.8) is 0 Å². The molecule has 1 aliphatic heterocycles. The summed E-state index contributed by atoms with van der Waals surface area (Å²) in [6.07, 6.45) is -4.60. The average molecular weight is 461 g/mol. The lowest BCUT2D eigenvalue weighted by Gasteiger charge is -2.36. The van der Waals surface area contributed by atoms with Crippen molar-refractivity contribution in [3.05, 3.63) is 94.5 Å². The van der Waals surface area contributed by atoms with Gasteiger partial charge in [-0.05, 0) is 62.4 Å². The number of halogens is 4. The van der Waals surface area contributed by atoms with Gasteiger partial charge < -0.3 is 5.11 Å². The minimum Gasteiger partial charge on any atom is -0.365 e. The van der Waals surface area contributed by atoms with Gasteiger partial charge in [-0.2, -0.15) is 13.2 Å². The number of anilines is 2. The van der Waals surface area contributed by atoms with E-state index >= 15 is 0 Å². The molecule has 1 N–H and O–H groups in total. The van der Waals surface area contributed by atoms with Crippen LogP contribution in [0.25, 0.3) is 0 Å². The van der Waals surface area contributed by atoms with Gasteiger partial charge in [-0.15, -0.1) is 0 Å². The third kappa shape index (κ3) is 3.61. The second-order valence-corrected chi connectivity index (χ2v) is 8.22.